The van der Waals surface area contributed by atoms with Gasteiger partial charge in [-0.05, 0) is 37.8 Å². The van der Waals surface area contributed by atoms with E-state index < -0.39 is 0 Å². The molecule has 1 atom stereocenters. The van der Waals surface area contributed by atoms with Gasteiger partial charge in [-0.2, -0.15) is 4.98 Å². The third-order valence-electron chi connectivity index (χ3n) is 4.11. The van der Waals surface area contributed by atoms with Crippen molar-refractivity contribution in [2.24, 2.45) is 0 Å². The maximum absolute atomic E-state index is 4.69. The van der Waals surface area contributed by atoms with Crippen molar-refractivity contribution in [2.75, 3.05) is 24.5 Å². The molecule has 0 aromatic carbocycles. The van der Waals surface area contributed by atoms with Crippen molar-refractivity contribution >= 4 is 17.3 Å². The average molecular weight is 289 g/mol. The molecule has 2 aromatic rings. The van der Waals surface area contributed by atoms with Crippen molar-refractivity contribution in [1.82, 2.24) is 20.5 Å². The first-order valence-electron chi connectivity index (χ1n) is 7.32. The highest BCUT2D eigenvalue weighted by Crippen LogP contribution is 2.35. The van der Waals surface area contributed by atoms with E-state index in [-0.39, 0.29) is 0 Å². The van der Waals surface area contributed by atoms with Crippen molar-refractivity contribution < 1.29 is 0 Å². The summed E-state index contributed by atoms with van der Waals surface area (Å²) in [5, 5.41) is 11.0. The SMILES string of the molecule is CC1CN(c2n[nH]c(-c3cc4c(s3)CCC4)n2)CCN1. The van der Waals surface area contributed by atoms with Crippen LogP contribution in [0.15, 0.2) is 6.07 Å². The van der Waals surface area contributed by atoms with Gasteiger partial charge < -0.3 is 10.2 Å². The number of H-pyrrole nitrogens is 1. The Morgan fingerprint density at radius 1 is 1.40 bits per heavy atom. The summed E-state index contributed by atoms with van der Waals surface area (Å²) in [4.78, 5) is 9.71. The number of rotatable bonds is 2. The Kier molecular flexibility index (Phi) is 3.00. The summed E-state index contributed by atoms with van der Waals surface area (Å²) in [6.45, 7) is 5.14. The molecule has 5 nitrogen and oxygen atoms in total. The van der Waals surface area contributed by atoms with E-state index in [0.717, 1.165) is 31.4 Å². The smallest absolute Gasteiger partial charge is 0.245 e. The van der Waals surface area contributed by atoms with Crippen LogP contribution < -0.4 is 10.2 Å². The van der Waals surface area contributed by atoms with Crippen LogP contribution in [0.25, 0.3) is 10.7 Å². The Hall–Kier alpha value is -1.40. The Morgan fingerprint density at radius 2 is 2.35 bits per heavy atom. The predicted molar refractivity (Wildman–Crippen MR) is 81.4 cm³/mol. The molecule has 2 aromatic heterocycles. The molecule has 106 valence electrons. The number of aromatic amines is 1. The minimum Gasteiger partial charge on any atom is -0.337 e. The lowest BCUT2D eigenvalue weighted by atomic mass is 10.2. The van der Waals surface area contributed by atoms with Crippen molar-refractivity contribution in [3.8, 4) is 10.7 Å². The van der Waals surface area contributed by atoms with Crippen LogP contribution in [-0.2, 0) is 12.8 Å². The maximum Gasteiger partial charge on any atom is 0.245 e. The summed E-state index contributed by atoms with van der Waals surface area (Å²) in [7, 11) is 0. The summed E-state index contributed by atoms with van der Waals surface area (Å²) in [6, 6.07) is 2.79. The number of thiophene rings is 1. The third-order valence-corrected chi connectivity index (χ3v) is 5.35. The molecule has 1 unspecified atom stereocenters. The molecule has 20 heavy (non-hydrogen) atoms. The lowest BCUT2D eigenvalue weighted by molar-refractivity contribution is 0.480. The van der Waals surface area contributed by atoms with Crippen LogP contribution in [0.4, 0.5) is 5.95 Å². The Bertz CT molecular complexity index is 595. The maximum atomic E-state index is 4.69. The van der Waals surface area contributed by atoms with E-state index in [1.54, 1.807) is 0 Å². The standard InChI is InChI=1S/C14H19N5S/c1-9-8-19(6-5-15-9)14-16-13(17-18-14)12-7-10-3-2-4-11(10)20-12/h7,9,15H,2-6,8H2,1H3,(H,16,17,18). The summed E-state index contributed by atoms with van der Waals surface area (Å²) in [5.41, 5.74) is 1.51. The fourth-order valence-corrected chi connectivity index (χ4v) is 4.26. The van der Waals surface area contributed by atoms with E-state index >= 15 is 0 Å². The van der Waals surface area contributed by atoms with Crippen LogP contribution in [0, 0.1) is 0 Å². The zero-order valence-corrected chi connectivity index (χ0v) is 12.5. The number of aryl methyl sites for hydroxylation is 2. The molecule has 2 aliphatic rings. The molecule has 0 spiro atoms. The van der Waals surface area contributed by atoms with Gasteiger partial charge in [0.25, 0.3) is 0 Å². The second-order valence-corrected chi connectivity index (χ2v) is 6.83. The summed E-state index contributed by atoms with van der Waals surface area (Å²) >= 11 is 1.87. The second-order valence-electron chi connectivity index (χ2n) is 5.70. The van der Waals surface area contributed by atoms with Gasteiger partial charge in [0.2, 0.25) is 5.95 Å². The topological polar surface area (TPSA) is 56.8 Å². The number of nitrogens with one attached hydrogen (secondary N) is 2. The van der Waals surface area contributed by atoms with Crippen LogP contribution in [0.2, 0.25) is 0 Å². The number of piperazine rings is 1. The van der Waals surface area contributed by atoms with Gasteiger partial charge in [-0.15, -0.1) is 16.4 Å². The second kappa shape index (κ2) is 4.86. The van der Waals surface area contributed by atoms with Crippen LogP contribution in [0.5, 0.6) is 0 Å². The lowest BCUT2D eigenvalue weighted by Gasteiger charge is -2.30. The lowest BCUT2D eigenvalue weighted by Crippen LogP contribution is -2.49. The number of nitrogens with zero attached hydrogens (tertiary/aromatic N) is 3. The zero-order valence-electron chi connectivity index (χ0n) is 11.6. The minimum atomic E-state index is 0.497. The number of hydrogen-bond donors (Lipinski definition) is 2. The van der Waals surface area contributed by atoms with Gasteiger partial charge in [-0.3, -0.25) is 5.10 Å². The van der Waals surface area contributed by atoms with Gasteiger partial charge in [0.05, 0.1) is 4.88 Å². The molecule has 1 fully saturated rings. The van der Waals surface area contributed by atoms with Crippen molar-refractivity contribution in [2.45, 2.75) is 32.2 Å². The summed E-state index contributed by atoms with van der Waals surface area (Å²) in [5.74, 6) is 1.76. The third kappa shape index (κ3) is 2.13. The highest BCUT2D eigenvalue weighted by Gasteiger charge is 2.21. The predicted octanol–water partition coefficient (Wildman–Crippen LogP) is 1.82. The van der Waals surface area contributed by atoms with Gasteiger partial charge in [0.15, 0.2) is 5.82 Å². The monoisotopic (exact) mass is 289 g/mol. The van der Waals surface area contributed by atoms with E-state index in [9.17, 15) is 0 Å². The first kappa shape index (κ1) is 12.3. The molecular weight excluding hydrogens is 270 g/mol. The molecule has 4 rings (SSSR count). The van der Waals surface area contributed by atoms with Gasteiger partial charge >= 0.3 is 0 Å². The van der Waals surface area contributed by atoms with Crippen LogP contribution >= 0.6 is 11.3 Å². The molecule has 0 bridgehead atoms. The fourth-order valence-electron chi connectivity index (χ4n) is 3.06. The molecule has 1 aliphatic carbocycles. The number of fused-ring (bicyclic) bond motifs is 1. The normalized spacial score (nSPS) is 22.2. The Labute approximate surface area is 122 Å². The van der Waals surface area contributed by atoms with E-state index in [2.05, 4.69) is 33.4 Å². The van der Waals surface area contributed by atoms with Gasteiger partial charge in [0, 0.05) is 30.6 Å². The van der Waals surface area contributed by atoms with Gasteiger partial charge in [-0.1, -0.05) is 0 Å². The highest BCUT2D eigenvalue weighted by molar-refractivity contribution is 7.15. The number of hydrogen-bond acceptors (Lipinski definition) is 5. The molecule has 0 saturated carbocycles. The molecule has 6 heteroatoms. The quantitative estimate of drug-likeness (QED) is 0.885. The van der Waals surface area contributed by atoms with Gasteiger partial charge in [0.1, 0.15) is 0 Å². The van der Waals surface area contributed by atoms with Crippen LogP contribution in [-0.4, -0.2) is 40.9 Å². The Balaban J connectivity index is 1.57. The zero-order chi connectivity index (χ0) is 13.5. The largest absolute Gasteiger partial charge is 0.337 e. The van der Waals surface area contributed by atoms with Crippen molar-refractivity contribution in [3.63, 3.8) is 0 Å². The van der Waals surface area contributed by atoms with E-state index in [4.69, 9.17) is 4.98 Å². The van der Waals surface area contributed by atoms with E-state index in [0.29, 0.717) is 6.04 Å². The first-order valence-corrected chi connectivity index (χ1v) is 8.14. The Morgan fingerprint density at radius 3 is 3.20 bits per heavy atom. The molecular formula is C14H19N5S. The van der Waals surface area contributed by atoms with Crippen molar-refractivity contribution in [1.29, 1.82) is 0 Å². The molecule has 0 radical (unpaired) electrons. The van der Waals surface area contributed by atoms with Gasteiger partial charge in [-0.25, -0.2) is 0 Å². The average Bonchev–Trinajstić information content (AvgIpc) is 3.13. The van der Waals surface area contributed by atoms with E-state index in [1.807, 2.05) is 11.3 Å². The molecule has 3 heterocycles. The van der Waals surface area contributed by atoms with E-state index in [1.165, 1.54) is 34.6 Å². The highest BCUT2D eigenvalue weighted by atomic mass is 32.1. The molecule has 0 amide bonds. The van der Waals surface area contributed by atoms with Crippen LogP contribution in [0.1, 0.15) is 23.8 Å². The van der Waals surface area contributed by atoms with Crippen LogP contribution in [0.3, 0.4) is 0 Å². The molecule has 1 saturated heterocycles. The van der Waals surface area contributed by atoms with Crippen molar-refractivity contribution in [3.05, 3.63) is 16.5 Å². The summed E-state index contributed by atoms with van der Waals surface area (Å²) < 4.78 is 0. The molecule has 2 N–H and O–H groups in total. The molecule has 1 aliphatic heterocycles. The first-order chi connectivity index (χ1) is 9.79. The fraction of sp³-hybridized carbons (Fsp3) is 0.571. The summed E-state index contributed by atoms with van der Waals surface area (Å²) in [6.07, 6.45) is 3.76. The minimum absolute atomic E-state index is 0.497. The number of aromatic nitrogens is 3. The number of anilines is 1.